The SMILES string of the molecule is CNNC(=O)CCCCCN1C(=O)CC(C)C1=O. The molecule has 0 aliphatic carbocycles. The zero-order valence-corrected chi connectivity index (χ0v) is 11.0. The number of carbonyl (C=O) groups excluding carboxylic acids is 3. The quantitative estimate of drug-likeness (QED) is 0.387. The van der Waals surface area contributed by atoms with E-state index in [9.17, 15) is 14.4 Å². The van der Waals surface area contributed by atoms with Gasteiger partial charge in [0.1, 0.15) is 0 Å². The van der Waals surface area contributed by atoms with Crippen LogP contribution in [0.5, 0.6) is 0 Å². The van der Waals surface area contributed by atoms with E-state index in [-0.39, 0.29) is 23.6 Å². The van der Waals surface area contributed by atoms with Crippen LogP contribution < -0.4 is 10.9 Å². The number of hydrazine groups is 1. The Hall–Kier alpha value is -1.43. The molecule has 0 radical (unpaired) electrons. The lowest BCUT2D eigenvalue weighted by Crippen LogP contribution is -2.34. The van der Waals surface area contributed by atoms with Gasteiger partial charge in [0.2, 0.25) is 17.7 Å². The van der Waals surface area contributed by atoms with Gasteiger partial charge < -0.3 is 0 Å². The van der Waals surface area contributed by atoms with Crippen LogP contribution in [0, 0.1) is 5.92 Å². The Morgan fingerprint density at radius 1 is 1.33 bits per heavy atom. The van der Waals surface area contributed by atoms with E-state index in [4.69, 9.17) is 0 Å². The highest BCUT2D eigenvalue weighted by Gasteiger charge is 2.34. The van der Waals surface area contributed by atoms with Crippen LogP contribution in [0.2, 0.25) is 0 Å². The molecule has 1 rings (SSSR count). The molecule has 18 heavy (non-hydrogen) atoms. The van der Waals surface area contributed by atoms with Crippen LogP contribution in [-0.4, -0.2) is 36.2 Å². The predicted octanol–water partition coefficient (Wildman–Crippen LogP) is 0.192. The molecule has 0 aromatic heterocycles. The van der Waals surface area contributed by atoms with Gasteiger partial charge in [-0.05, 0) is 12.8 Å². The molecule has 0 aromatic carbocycles. The lowest BCUT2D eigenvalue weighted by molar-refractivity contribution is -0.139. The summed E-state index contributed by atoms with van der Waals surface area (Å²) in [6, 6.07) is 0. The van der Waals surface area contributed by atoms with Crippen molar-refractivity contribution in [2.24, 2.45) is 5.92 Å². The van der Waals surface area contributed by atoms with E-state index in [2.05, 4.69) is 10.9 Å². The van der Waals surface area contributed by atoms with Crippen molar-refractivity contribution in [3.8, 4) is 0 Å². The van der Waals surface area contributed by atoms with Gasteiger partial charge in [0.05, 0.1) is 0 Å². The lowest BCUT2D eigenvalue weighted by Gasteiger charge is -2.13. The summed E-state index contributed by atoms with van der Waals surface area (Å²) in [6.45, 7) is 2.26. The van der Waals surface area contributed by atoms with Crippen molar-refractivity contribution in [3.05, 3.63) is 0 Å². The third kappa shape index (κ3) is 4.10. The first-order chi connectivity index (χ1) is 8.56. The molecular formula is C12H21N3O3. The van der Waals surface area contributed by atoms with E-state index in [0.717, 1.165) is 19.3 Å². The minimum Gasteiger partial charge on any atom is -0.292 e. The molecule has 0 aromatic rings. The van der Waals surface area contributed by atoms with Gasteiger partial charge in [-0.2, -0.15) is 0 Å². The Bertz CT molecular complexity index is 331. The van der Waals surface area contributed by atoms with Crippen molar-refractivity contribution in [3.63, 3.8) is 0 Å². The molecule has 1 aliphatic rings. The smallest absolute Gasteiger partial charge is 0.234 e. The number of hydrogen-bond donors (Lipinski definition) is 2. The van der Waals surface area contributed by atoms with E-state index in [0.29, 0.717) is 19.4 Å². The molecule has 2 N–H and O–H groups in total. The zero-order valence-electron chi connectivity index (χ0n) is 11.0. The van der Waals surface area contributed by atoms with Gasteiger partial charge >= 0.3 is 0 Å². The molecule has 1 fully saturated rings. The summed E-state index contributed by atoms with van der Waals surface area (Å²) in [5.41, 5.74) is 5.06. The van der Waals surface area contributed by atoms with Crippen LogP contribution in [0.3, 0.4) is 0 Å². The Morgan fingerprint density at radius 3 is 2.61 bits per heavy atom. The number of hydrogen-bond acceptors (Lipinski definition) is 4. The maximum Gasteiger partial charge on any atom is 0.234 e. The fourth-order valence-electron chi connectivity index (χ4n) is 2.02. The first-order valence-electron chi connectivity index (χ1n) is 6.36. The van der Waals surface area contributed by atoms with Crippen molar-refractivity contribution >= 4 is 17.7 Å². The summed E-state index contributed by atoms with van der Waals surface area (Å²) in [5.74, 6) is -0.341. The van der Waals surface area contributed by atoms with Crippen LogP contribution >= 0.6 is 0 Å². The molecule has 1 atom stereocenters. The van der Waals surface area contributed by atoms with E-state index in [1.165, 1.54) is 4.90 Å². The minimum atomic E-state index is -0.168. The summed E-state index contributed by atoms with van der Waals surface area (Å²) >= 11 is 0. The standard InChI is InChI=1S/C12H21N3O3/c1-9-8-11(17)15(12(9)18)7-5-3-4-6-10(16)14-13-2/h9,13H,3-8H2,1-2H3,(H,14,16). The van der Waals surface area contributed by atoms with Crippen LogP contribution in [0.25, 0.3) is 0 Å². The van der Waals surface area contributed by atoms with Gasteiger partial charge in [0.15, 0.2) is 0 Å². The largest absolute Gasteiger partial charge is 0.292 e. The number of imide groups is 1. The summed E-state index contributed by atoms with van der Waals surface area (Å²) in [6.07, 6.45) is 3.15. The molecule has 6 heteroatoms. The number of likely N-dealkylation sites (tertiary alicyclic amines) is 1. The number of nitrogens with zero attached hydrogens (tertiary/aromatic N) is 1. The number of carbonyl (C=O) groups is 3. The van der Waals surface area contributed by atoms with Crippen molar-refractivity contribution in [2.75, 3.05) is 13.6 Å². The lowest BCUT2D eigenvalue weighted by atomic mass is 10.1. The van der Waals surface area contributed by atoms with Crippen molar-refractivity contribution in [2.45, 2.75) is 39.0 Å². The van der Waals surface area contributed by atoms with Gasteiger partial charge in [-0.25, -0.2) is 5.43 Å². The van der Waals surface area contributed by atoms with Crippen molar-refractivity contribution in [1.82, 2.24) is 15.8 Å². The summed E-state index contributed by atoms with van der Waals surface area (Å²) < 4.78 is 0. The highest BCUT2D eigenvalue weighted by atomic mass is 16.2. The molecule has 3 amide bonds. The molecule has 6 nitrogen and oxygen atoms in total. The van der Waals surface area contributed by atoms with E-state index < -0.39 is 0 Å². The van der Waals surface area contributed by atoms with Crippen LogP contribution in [0.1, 0.15) is 39.0 Å². The van der Waals surface area contributed by atoms with Gasteiger partial charge in [0.25, 0.3) is 0 Å². The predicted molar refractivity (Wildman–Crippen MR) is 66.2 cm³/mol. The molecule has 1 unspecified atom stereocenters. The fourth-order valence-corrected chi connectivity index (χ4v) is 2.02. The monoisotopic (exact) mass is 255 g/mol. The normalized spacial score (nSPS) is 19.4. The van der Waals surface area contributed by atoms with Gasteiger partial charge in [0, 0.05) is 32.4 Å². The average Bonchev–Trinajstić information content (AvgIpc) is 2.55. The molecule has 1 saturated heterocycles. The first-order valence-corrected chi connectivity index (χ1v) is 6.36. The Kier molecular flexibility index (Phi) is 5.77. The topological polar surface area (TPSA) is 78.5 Å². The highest BCUT2D eigenvalue weighted by Crippen LogP contribution is 2.19. The zero-order chi connectivity index (χ0) is 13.5. The Morgan fingerprint density at radius 2 is 2.06 bits per heavy atom. The second-order valence-electron chi connectivity index (χ2n) is 4.60. The second-order valence-corrected chi connectivity index (χ2v) is 4.60. The molecule has 102 valence electrons. The van der Waals surface area contributed by atoms with Crippen LogP contribution in [-0.2, 0) is 14.4 Å². The molecular weight excluding hydrogens is 234 g/mol. The van der Waals surface area contributed by atoms with Gasteiger partial charge in [-0.15, -0.1) is 0 Å². The first kappa shape index (κ1) is 14.6. The van der Waals surface area contributed by atoms with Gasteiger partial charge in [-0.3, -0.25) is 24.7 Å². The minimum absolute atomic E-state index is 0.0422. The molecule has 1 heterocycles. The third-order valence-electron chi connectivity index (χ3n) is 3.02. The van der Waals surface area contributed by atoms with E-state index in [1.54, 1.807) is 14.0 Å². The maximum absolute atomic E-state index is 11.6. The van der Waals surface area contributed by atoms with Crippen molar-refractivity contribution < 1.29 is 14.4 Å². The molecule has 0 bridgehead atoms. The fraction of sp³-hybridized carbons (Fsp3) is 0.750. The van der Waals surface area contributed by atoms with Crippen LogP contribution in [0.4, 0.5) is 0 Å². The van der Waals surface area contributed by atoms with E-state index >= 15 is 0 Å². The highest BCUT2D eigenvalue weighted by molar-refractivity contribution is 6.03. The third-order valence-corrected chi connectivity index (χ3v) is 3.02. The Labute approximate surface area is 107 Å². The average molecular weight is 255 g/mol. The maximum atomic E-state index is 11.6. The van der Waals surface area contributed by atoms with Crippen molar-refractivity contribution in [1.29, 1.82) is 0 Å². The molecule has 0 spiro atoms. The van der Waals surface area contributed by atoms with Crippen LogP contribution in [0.15, 0.2) is 0 Å². The second kappa shape index (κ2) is 7.10. The number of nitrogens with one attached hydrogen (secondary N) is 2. The van der Waals surface area contributed by atoms with Gasteiger partial charge in [-0.1, -0.05) is 13.3 Å². The summed E-state index contributed by atoms with van der Waals surface area (Å²) in [7, 11) is 1.64. The number of amides is 3. The number of rotatable bonds is 7. The molecule has 1 aliphatic heterocycles. The summed E-state index contributed by atoms with van der Waals surface area (Å²) in [5, 5.41) is 0. The summed E-state index contributed by atoms with van der Waals surface area (Å²) in [4.78, 5) is 35.6. The number of unbranched alkanes of at least 4 members (excludes halogenated alkanes) is 2. The molecule has 0 saturated carbocycles. The van der Waals surface area contributed by atoms with E-state index in [1.807, 2.05) is 0 Å². The Balaban J connectivity index is 2.13.